The van der Waals surface area contributed by atoms with Gasteiger partial charge in [-0.05, 0) is 66.8 Å². The van der Waals surface area contributed by atoms with Crippen LogP contribution in [0.5, 0.6) is 0 Å². The molecule has 1 aliphatic carbocycles. The molecule has 0 atom stereocenters. The normalized spacial score (nSPS) is 15.3. The number of rotatable bonds is 5. The second-order valence-corrected chi connectivity index (χ2v) is 9.79. The van der Waals surface area contributed by atoms with Crippen LogP contribution in [-0.2, 0) is 25.3 Å². The number of anilines is 3. The molecule has 2 aliphatic rings. The maximum atomic E-state index is 13.2. The third-order valence-electron chi connectivity index (χ3n) is 6.73. The fourth-order valence-corrected chi connectivity index (χ4v) is 4.58. The summed E-state index contributed by atoms with van der Waals surface area (Å²) in [5, 5.41) is 7.36. The van der Waals surface area contributed by atoms with E-state index in [2.05, 4.69) is 21.6 Å². The molecular weight excluding hydrogens is 538 g/mol. The Morgan fingerprint density at radius 2 is 1.40 bits per heavy atom. The molecule has 6 nitrogen and oxygen atoms in total. The Hall–Kier alpha value is -4.22. The molecule has 0 unspecified atom stereocenters. The highest BCUT2D eigenvalue weighted by Gasteiger charge is 2.37. The first-order valence-electron chi connectivity index (χ1n) is 12.5. The SMILES string of the molecule is O=C(Nc1cc(C(F)(F)F)cc(C(F)(F)F)c1)Nc1ccc(N2CCc3ccccc3C2)c(C(=O)NC2CC2)c1. The van der Waals surface area contributed by atoms with E-state index in [4.69, 9.17) is 0 Å². The van der Waals surface area contributed by atoms with E-state index in [1.54, 1.807) is 6.07 Å². The first-order valence-corrected chi connectivity index (χ1v) is 12.5. The number of hydrogen-bond acceptors (Lipinski definition) is 3. The van der Waals surface area contributed by atoms with Crippen molar-refractivity contribution in [1.82, 2.24) is 5.32 Å². The van der Waals surface area contributed by atoms with Crippen molar-refractivity contribution in [3.8, 4) is 0 Å². The molecule has 210 valence electrons. The summed E-state index contributed by atoms with van der Waals surface area (Å²) in [4.78, 5) is 27.8. The van der Waals surface area contributed by atoms with Gasteiger partial charge in [-0.25, -0.2) is 4.79 Å². The van der Waals surface area contributed by atoms with Gasteiger partial charge in [0.1, 0.15) is 0 Å². The van der Waals surface area contributed by atoms with Crippen molar-refractivity contribution >= 4 is 29.0 Å². The molecule has 1 aliphatic heterocycles. The summed E-state index contributed by atoms with van der Waals surface area (Å²) in [6.07, 6.45) is -7.62. The standard InChI is InChI=1S/C28H24F6N4O2/c29-27(30,31)18-11-19(28(32,33)34)13-22(12-18)37-26(40)36-21-7-8-24(23(14-21)25(39)35-20-5-6-20)38-10-9-16-3-1-2-4-17(16)15-38/h1-4,7-8,11-14,20H,5-6,9-10,15H2,(H,35,39)(H2,36,37,40). The van der Waals surface area contributed by atoms with Crippen LogP contribution in [0.3, 0.4) is 0 Å². The lowest BCUT2D eigenvalue weighted by molar-refractivity contribution is -0.143. The molecule has 12 heteroatoms. The van der Waals surface area contributed by atoms with E-state index in [9.17, 15) is 35.9 Å². The van der Waals surface area contributed by atoms with Gasteiger partial charge in [-0.1, -0.05) is 24.3 Å². The predicted octanol–water partition coefficient (Wildman–Crippen LogP) is 6.82. The number of fused-ring (bicyclic) bond motifs is 1. The average molecular weight is 563 g/mol. The van der Waals surface area contributed by atoms with Crippen LogP contribution in [0.25, 0.3) is 0 Å². The van der Waals surface area contributed by atoms with E-state index in [-0.39, 0.29) is 23.7 Å². The first-order chi connectivity index (χ1) is 18.9. The number of hydrogen-bond donors (Lipinski definition) is 3. The second-order valence-electron chi connectivity index (χ2n) is 9.79. The molecule has 1 heterocycles. The van der Waals surface area contributed by atoms with Gasteiger partial charge in [0.05, 0.1) is 16.7 Å². The zero-order valence-corrected chi connectivity index (χ0v) is 20.9. The van der Waals surface area contributed by atoms with Crippen LogP contribution in [0, 0.1) is 0 Å². The molecule has 40 heavy (non-hydrogen) atoms. The highest BCUT2D eigenvalue weighted by Crippen LogP contribution is 2.38. The molecule has 5 rings (SSSR count). The first kappa shape index (κ1) is 27.4. The summed E-state index contributed by atoms with van der Waals surface area (Å²) >= 11 is 0. The van der Waals surface area contributed by atoms with Gasteiger partial charge in [0.25, 0.3) is 5.91 Å². The molecule has 0 saturated heterocycles. The summed E-state index contributed by atoms with van der Waals surface area (Å²) in [7, 11) is 0. The fraction of sp³-hybridized carbons (Fsp3) is 0.286. The van der Waals surface area contributed by atoms with E-state index < -0.39 is 35.2 Å². The second kappa shape index (κ2) is 10.4. The van der Waals surface area contributed by atoms with Crippen LogP contribution in [-0.4, -0.2) is 24.5 Å². The summed E-state index contributed by atoms with van der Waals surface area (Å²) in [6, 6.07) is 12.4. The van der Waals surface area contributed by atoms with Crippen molar-refractivity contribution in [3.05, 3.63) is 88.5 Å². The molecule has 0 aromatic heterocycles. The number of urea groups is 1. The fourth-order valence-electron chi connectivity index (χ4n) is 4.58. The molecule has 1 fully saturated rings. The number of benzene rings is 3. The van der Waals surface area contributed by atoms with Crippen molar-refractivity contribution in [1.29, 1.82) is 0 Å². The smallest absolute Gasteiger partial charge is 0.366 e. The monoisotopic (exact) mass is 562 g/mol. The summed E-state index contributed by atoms with van der Waals surface area (Å²) in [6.45, 7) is 1.23. The molecule has 1 saturated carbocycles. The van der Waals surface area contributed by atoms with E-state index in [1.807, 2.05) is 23.5 Å². The minimum absolute atomic E-state index is 0.0223. The summed E-state index contributed by atoms with van der Waals surface area (Å²) in [5.41, 5.74) is -0.358. The van der Waals surface area contributed by atoms with Gasteiger partial charge < -0.3 is 20.9 Å². The number of carbonyl (C=O) groups excluding carboxylic acids is 2. The Morgan fingerprint density at radius 3 is 2.02 bits per heavy atom. The summed E-state index contributed by atoms with van der Waals surface area (Å²) in [5.74, 6) is -0.340. The van der Waals surface area contributed by atoms with Crippen LogP contribution >= 0.6 is 0 Å². The van der Waals surface area contributed by atoms with Crippen molar-refractivity contribution in [2.75, 3.05) is 22.1 Å². The number of nitrogens with one attached hydrogen (secondary N) is 3. The highest BCUT2D eigenvalue weighted by molar-refractivity contribution is 6.04. The number of alkyl halides is 6. The van der Waals surface area contributed by atoms with Gasteiger partial charge in [0.2, 0.25) is 0 Å². The maximum absolute atomic E-state index is 13.2. The van der Waals surface area contributed by atoms with Crippen LogP contribution in [0.4, 0.5) is 48.2 Å². The summed E-state index contributed by atoms with van der Waals surface area (Å²) < 4.78 is 79.0. The van der Waals surface area contributed by atoms with Crippen molar-refractivity contribution in [2.24, 2.45) is 0 Å². The molecular formula is C28H24F6N4O2. The number of halogens is 6. The van der Waals surface area contributed by atoms with Crippen LogP contribution in [0.2, 0.25) is 0 Å². The molecule has 0 radical (unpaired) electrons. The highest BCUT2D eigenvalue weighted by atomic mass is 19.4. The Kier molecular flexibility index (Phi) is 7.11. The zero-order valence-electron chi connectivity index (χ0n) is 20.9. The largest absolute Gasteiger partial charge is 0.416 e. The number of nitrogens with zero attached hydrogens (tertiary/aromatic N) is 1. The van der Waals surface area contributed by atoms with Crippen LogP contribution in [0.15, 0.2) is 60.7 Å². The lowest BCUT2D eigenvalue weighted by Gasteiger charge is -2.32. The van der Waals surface area contributed by atoms with Crippen molar-refractivity contribution < 1.29 is 35.9 Å². The molecule has 3 aromatic rings. The van der Waals surface area contributed by atoms with Crippen LogP contribution in [0.1, 0.15) is 45.5 Å². The van der Waals surface area contributed by atoms with Gasteiger partial charge in [-0.2, -0.15) is 26.3 Å². The maximum Gasteiger partial charge on any atom is 0.416 e. The molecule has 3 amide bonds. The topological polar surface area (TPSA) is 73.5 Å². The third-order valence-corrected chi connectivity index (χ3v) is 6.73. The van der Waals surface area contributed by atoms with Crippen LogP contribution < -0.4 is 20.9 Å². The average Bonchev–Trinajstić information content (AvgIpc) is 3.71. The quantitative estimate of drug-likeness (QED) is 0.299. The van der Waals surface area contributed by atoms with E-state index >= 15 is 0 Å². The Balaban J connectivity index is 1.38. The molecule has 0 bridgehead atoms. The van der Waals surface area contributed by atoms with Crippen molar-refractivity contribution in [2.45, 2.75) is 44.2 Å². The van der Waals surface area contributed by atoms with Gasteiger partial charge in [-0.3, -0.25) is 4.79 Å². The van der Waals surface area contributed by atoms with Gasteiger partial charge in [0, 0.05) is 36.2 Å². The minimum atomic E-state index is -5.05. The van der Waals surface area contributed by atoms with E-state index in [0.29, 0.717) is 36.5 Å². The lowest BCUT2D eigenvalue weighted by Crippen LogP contribution is -2.33. The van der Waals surface area contributed by atoms with Gasteiger partial charge >= 0.3 is 18.4 Å². The lowest BCUT2D eigenvalue weighted by atomic mass is 9.98. The van der Waals surface area contributed by atoms with Crippen molar-refractivity contribution in [3.63, 3.8) is 0 Å². The number of amides is 3. The van der Waals surface area contributed by atoms with E-state index in [1.165, 1.54) is 17.7 Å². The Bertz CT molecular complexity index is 1420. The minimum Gasteiger partial charge on any atom is -0.366 e. The Morgan fingerprint density at radius 1 is 0.775 bits per heavy atom. The number of carbonyl (C=O) groups is 2. The van der Waals surface area contributed by atoms with E-state index in [0.717, 1.165) is 24.8 Å². The molecule has 3 N–H and O–H groups in total. The zero-order chi connectivity index (χ0) is 28.7. The predicted molar refractivity (Wildman–Crippen MR) is 137 cm³/mol. The Labute approximate surface area is 225 Å². The molecule has 0 spiro atoms. The molecule has 3 aromatic carbocycles. The van der Waals surface area contributed by atoms with Gasteiger partial charge in [-0.15, -0.1) is 0 Å². The third kappa shape index (κ3) is 6.32. The van der Waals surface area contributed by atoms with Gasteiger partial charge in [0.15, 0.2) is 0 Å².